The lowest BCUT2D eigenvalue weighted by atomic mass is 9.89. The number of piperidine rings is 2. The monoisotopic (exact) mass is 443 g/mol. The van der Waals surface area contributed by atoms with Gasteiger partial charge in [-0.2, -0.15) is 0 Å². The number of halogens is 1. The largest absolute Gasteiger partial charge is 0.489 e. The summed E-state index contributed by atoms with van der Waals surface area (Å²) in [6, 6.07) is 5.22. The third kappa shape index (κ3) is 4.12. The van der Waals surface area contributed by atoms with Gasteiger partial charge in [0.1, 0.15) is 24.1 Å². The molecule has 1 aromatic rings. The number of carbonyl (C=O) groups excluding carboxylic acids is 3. The molecule has 3 aliphatic heterocycles. The van der Waals surface area contributed by atoms with Gasteiger partial charge in [-0.15, -0.1) is 0 Å². The average Bonchev–Trinajstić information content (AvgIpc) is 3.10. The Kier molecular flexibility index (Phi) is 5.88. The molecule has 32 heavy (non-hydrogen) atoms. The number of nitrogens with zero attached hydrogens (tertiary/aromatic N) is 2. The maximum absolute atomic E-state index is 13.6. The van der Waals surface area contributed by atoms with Gasteiger partial charge in [-0.25, -0.2) is 4.39 Å². The molecule has 0 spiro atoms. The first-order valence-corrected chi connectivity index (χ1v) is 11.8. The maximum atomic E-state index is 13.6. The van der Waals surface area contributed by atoms with E-state index >= 15 is 0 Å². The van der Waals surface area contributed by atoms with Crippen molar-refractivity contribution < 1.29 is 23.5 Å². The molecule has 4 aliphatic rings. The summed E-state index contributed by atoms with van der Waals surface area (Å²) in [6.45, 7) is 1.91. The summed E-state index contributed by atoms with van der Waals surface area (Å²) in [5.74, 6) is -0.130. The van der Waals surface area contributed by atoms with Gasteiger partial charge in [0.15, 0.2) is 0 Å². The number of rotatable bonds is 4. The molecule has 3 unspecified atom stereocenters. The van der Waals surface area contributed by atoms with Crippen LogP contribution in [-0.4, -0.2) is 65.0 Å². The number of carbonyl (C=O) groups is 3. The molecule has 3 heterocycles. The lowest BCUT2D eigenvalue weighted by molar-refractivity contribution is -0.136. The molecule has 3 fully saturated rings. The quantitative estimate of drug-likeness (QED) is 0.724. The molecule has 0 bridgehead atoms. The number of amides is 3. The fraction of sp³-hybridized carbons (Fsp3) is 0.625. The molecule has 0 aromatic heterocycles. The minimum absolute atomic E-state index is 0.0568. The maximum Gasteiger partial charge on any atom is 0.255 e. The summed E-state index contributed by atoms with van der Waals surface area (Å²) in [5, 5.41) is 2.33. The number of nitrogens with one attached hydrogen (secondary N) is 1. The molecular weight excluding hydrogens is 413 g/mol. The van der Waals surface area contributed by atoms with Crippen molar-refractivity contribution in [2.75, 3.05) is 13.1 Å². The molecule has 1 N–H and O–H groups in total. The van der Waals surface area contributed by atoms with E-state index in [0.717, 1.165) is 43.7 Å². The van der Waals surface area contributed by atoms with Crippen molar-refractivity contribution in [1.29, 1.82) is 0 Å². The van der Waals surface area contributed by atoms with Crippen LogP contribution in [0.4, 0.5) is 4.39 Å². The van der Waals surface area contributed by atoms with Crippen LogP contribution < -0.4 is 10.1 Å². The van der Waals surface area contributed by atoms with Gasteiger partial charge in [0.2, 0.25) is 11.8 Å². The van der Waals surface area contributed by atoms with Crippen LogP contribution in [0.1, 0.15) is 67.3 Å². The van der Waals surface area contributed by atoms with Gasteiger partial charge < -0.3 is 9.64 Å². The summed E-state index contributed by atoms with van der Waals surface area (Å²) in [6.07, 6.45) is 5.48. The molecule has 7 nitrogen and oxygen atoms in total. The zero-order valence-corrected chi connectivity index (χ0v) is 18.2. The number of imide groups is 1. The number of ether oxygens (including phenoxy) is 1. The number of hydrogen-bond acceptors (Lipinski definition) is 5. The first kappa shape index (κ1) is 21.4. The van der Waals surface area contributed by atoms with Crippen LogP contribution in [-0.2, 0) is 16.1 Å². The van der Waals surface area contributed by atoms with E-state index in [4.69, 9.17) is 4.74 Å². The van der Waals surface area contributed by atoms with Crippen LogP contribution in [0.5, 0.6) is 5.75 Å². The Balaban J connectivity index is 1.28. The van der Waals surface area contributed by atoms with E-state index in [1.807, 2.05) is 12.1 Å². The van der Waals surface area contributed by atoms with Gasteiger partial charge in [0.25, 0.3) is 5.91 Å². The van der Waals surface area contributed by atoms with Crippen LogP contribution in [0.3, 0.4) is 0 Å². The molecule has 1 aliphatic carbocycles. The van der Waals surface area contributed by atoms with Gasteiger partial charge in [0, 0.05) is 37.7 Å². The van der Waals surface area contributed by atoms with E-state index in [0.29, 0.717) is 37.4 Å². The summed E-state index contributed by atoms with van der Waals surface area (Å²) in [4.78, 5) is 40.5. The highest BCUT2D eigenvalue weighted by Crippen LogP contribution is 2.33. The number of alkyl halides is 1. The van der Waals surface area contributed by atoms with E-state index in [9.17, 15) is 18.8 Å². The molecular formula is C24H30FN3O4. The molecule has 1 saturated carbocycles. The van der Waals surface area contributed by atoms with Crippen molar-refractivity contribution in [2.24, 2.45) is 0 Å². The van der Waals surface area contributed by atoms with Gasteiger partial charge in [-0.05, 0) is 62.3 Å². The third-order valence-electron chi connectivity index (χ3n) is 7.38. The second-order valence-corrected chi connectivity index (χ2v) is 9.44. The highest BCUT2D eigenvalue weighted by atomic mass is 19.1. The highest BCUT2D eigenvalue weighted by molar-refractivity contribution is 6.05. The fourth-order valence-electron chi connectivity index (χ4n) is 5.63. The predicted octanol–water partition coefficient (Wildman–Crippen LogP) is 2.57. The van der Waals surface area contributed by atoms with Crippen LogP contribution in [0.15, 0.2) is 18.2 Å². The zero-order chi connectivity index (χ0) is 22.2. The summed E-state index contributed by atoms with van der Waals surface area (Å²) < 4.78 is 20.0. The fourth-order valence-corrected chi connectivity index (χ4v) is 5.63. The molecule has 172 valence electrons. The van der Waals surface area contributed by atoms with Crippen LogP contribution in [0.25, 0.3) is 0 Å². The molecule has 0 radical (unpaired) electrons. The SMILES string of the molecule is O=C1CCC(N2Cc3cc(OC4CCCCC4N4CCC(F)CC4)ccc3C2=O)C(=O)N1. The van der Waals surface area contributed by atoms with Crippen LogP contribution in [0.2, 0.25) is 0 Å². The predicted molar refractivity (Wildman–Crippen MR) is 115 cm³/mol. The normalized spacial score (nSPS) is 29.7. The summed E-state index contributed by atoms with van der Waals surface area (Å²) in [7, 11) is 0. The highest BCUT2D eigenvalue weighted by Gasteiger charge is 2.39. The van der Waals surface area contributed by atoms with E-state index in [1.54, 1.807) is 11.0 Å². The number of hydrogen-bond donors (Lipinski definition) is 1. The Bertz CT molecular complexity index is 915. The lowest BCUT2D eigenvalue weighted by Crippen LogP contribution is -2.52. The van der Waals surface area contributed by atoms with Crippen LogP contribution >= 0.6 is 0 Å². The minimum atomic E-state index is -0.684. The Hall–Kier alpha value is -2.48. The molecule has 5 rings (SSSR count). The Morgan fingerprint density at radius 2 is 1.78 bits per heavy atom. The first-order valence-electron chi connectivity index (χ1n) is 11.8. The Labute approximate surface area is 187 Å². The van der Waals surface area contributed by atoms with E-state index < -0.39 is 18.1 Å². The van der Waals surface area contributed by atoms with E-state index in [-0.39, 0.29) is 24.3 Å². The molecule has 2 saturated heterocycles. The minimum Gasteiger partial charge on any atom is -0.489 e. The van der Waals surface area contributed by atoms with Crippen molar-refractivity contribution >= 4 is 17.7 Å². The standard InChI is InChI=1S/C24H30FN3O4/c25-16-9-11-27(12-10-16)19-3-1-2-4-21(19)32-17-5-6-18-15(13-17)14-28(24(18)31)20-7-8-22(29)26-23(20)30/h5-6,13,16,19-21H,1-4,7-12,14H2,(H,26,29,30). The van der Waals surface area contributed by atoms with Crippen molar-refractivity contribution in [1.82, 2.24) is 15.1 Å². The Morgan fingerprint density at radius 3 is 2.56 bits per heavy atom. The second kappa shape index (κ2) is 8.81. The lowest BCUT2D eigenvalue weighted by Gasteiger charge is -2.42. The van der Waals surface area contributed by atoms with Crippen molar-refractivity contribution in [3.63, 3.8) is 0 Å². The molecule has 3 amide bonds. The number of likely N-dealkylation sites (tertiary alicyclic amines) is 1. The van der Waals surface area contributed by atoms with Crippen molar-refractivity contribution in [3.05, 3.63) is 29.3 Å². The first-order chi connectivity index (χ1) is 15.5. The van der Waals surface area contributed by atoms with Crippen molar-refractivity contribution in [2.45, 2.75) is 82.3 Å². The van der Waals surface area contributed by atoms with E-state index in [2.05, 4.69) is 10.2 Å². The molecule has 8 heteroatoms. The zero-order valence-electron chi connectivity index (χ0n) is 18.2. The molecule has 3 atom stereocenters. The van der Waals surface area contributed by atoms with Gasteiger partial charge in [-0.1, -0.05) is 6.42 Å². The van der Waals surface area contributed by atoms with Gasteiger partial charge >= 0.3 is 0 Å². The third-order valence-corrected chi connectivity index (χ3v) is 7.38. The topological polar surface area (TPSA) is 79.0 Å². The molecule has 1 aromatic carbocycles. The average molecular weight is 444 g/mol. The summed E-state index contributed by atoms with van der Waals surface area (Å²) >= 11 is 0. The number of benzene rings is 1. The summed E-state index contributed by atoms with van der Waals surface area (Å²) in [5.41, 5.74) is 1.44. The second-order valence-electron chi connectivity index (χ2n) is 9.44. The van der Waals surface area contributed by atoms with Gasteiger partial charge in [-0.3, -0.25) is 24.6 Å². The van der Waals surface area contributed by atoms with E-state index in [1.165, 1.54) is 6.42 Å². The number of fused-ring (bicyclic) bond motifs is 1. The smallest absolute Gasteiger partial charge is 0.255 e. The van der Waals surface area contributed by atoms with Crippen molar-refractivity contribution in [3.8, 4) is 5.75 Å². The Morgan fingerprint density at radius 1 is 1.00 bits per heavy atom. The van der Waals surface area contributed by atoms with Crippen LogP contribution in [0, 0.1) is 0 Å². The van der Waals surface area contributed by atoms with Gasteiger partial charge in [0.05, 0.1) is 0 Å².